The molecule has 5 rings (SSSR count). The van der Waals surface area contributed by atoms with Gasteiger partial charge in [0.25, 0.3) is 0 Å². The van der Waals surface area contributed by atoms with Crippen LogP contribution in [0.3, 0.4) is 0 Å². The van der Waals surface area contributed by atoms with Crippen LogP contribution >= 0.6 is 0 Å². The maximum atomic E-state index is 13.9. The molecule has 1 N–H and O–H groups in total. The highest BCUT2D eigenvalue weighted by molar-refractivity contribution is 5.21. The average Bonchev–Trinajstić information content (AvgIpc) is 2.42. The second-order valence-electron chi connectivity index (χ2n) is 7.37. The standard InChI is InChI=1S/C18H24FN/c1-11(16-4-2-3-5-17(16)19)20-18-14-7-12-6-13(9-14)10-15(18)8-12/h2-5,11-15,18,20H,6-10H2,1H3. The third-order valence-corrected chi connectivity index (χ3v) is 6.04. The van der Waals surface area contributed by atoms with E-state index in [1.807, 2.05) is 12.1 Å². The maximum Gasteiger partial charge on any atom is 0.127 e. The van der Waals surface area contributed by atoms with Crippen molar-refractivity contribution in [3.8, 4) is 0 Å². The number of nitrogens with one attached hydrogen (secondary N) is 1. The lowest BCUT2D eigenvalue weighted by molar-refractivity contribution is -0.0172. The Bertz CT molecular complexity index is 470. The number of rotatable bonds is 3. The van der Waals surface area contributed by atoms with Crippen molar-refractivity contribution in [3.63, 3.8) is 0 Å². The van der Waals surface area contributed by atoms with Crippen molar-refractivity contribution >= 4 is 0 Å². The van der Waals surface area contributed by atoms with Crippen LogP contribution in [-0.2, 0) is 0 Å². The summed E-state index contributed by atoms with van der Waals surface area (Å²) >= 11 is 0. The van der Waals surface area contributed by atoms with E-state index < -0.39 is 0 Å². The zero-order chi connectivity index (χ0) is 13.7. The van der Waals surface area contributed by atoms with Crippen LogP contribution in [0.15, 0.2) is 24.3 Å². The Morgan fingerprint density at radius 1 is 1.00 bits per heavy atom. The van der Waals surface area contributed by atoms with Crippen molar-refractivity contribution in [1.82, 2.24) is 5.32 Å². The zero-order valence-corrected chi connectivity index (χ0v) is 12.2. The molecular formula is C18H24FN. The summed E-state index contributed by atoms with van der Waals surface area (Å²) in [5.41, 5.74) is 0.821. The minimum atomic E-state index is -0.0729. The summed E-state index contributed by atoms with van der Waals surface area (Å²) in [6.07, 6.45) is 7.13. The van der Waals surface area contributed by atoms with Gasteiger partial charge >= 0.3 is 0 Å². The average molecular weight is 273 g/mol. The number of halogens is 1. The Labute approximate surface area is 121 Å². The van der Waals surface area contributed by atoms with Gasteiger partial charge in [-0.1, -0.05) is 18.2 Å². The van der Waals surface area contributed by atoms with Crippen molar-refractivity contribution in [2.75, 3.05) is 0 Å². The maximum absolute atomic E-state index is 13.9. The molecule has 4 aliphatic rings. The Balaban J connectivity index is 1.50. The van der Waals surface area contributed by atoms with Gasteiger partial charge < -0.3 is 5.32 Å². The summed E-state index contributed by atoms with van der Waals surface area (Å²) in [4.78, 5) is 0. The Kier molecular flexibility index (Phi) is 3.10. The predicted molar refractivity (Wildman–Crippen MR) is 78.8 cm³/mol. The Morgan fingerprint density at radius 3 is 2.20 bits per heavy atom. The first-order valence-corrected chi connectivity index (χ1v) is 8.21. The van der Waals surface area contributed by atoms with E-state index in [2.05, 4.69) is 12.2 Å². The van der Waals surface area contributed by atoms with Crippen LogP contribution in [0.4, 0.5) is 4.39 Å². The lowest BCUT2D eigenvalue weighted by Gasteiger charge is -2.55. The molecule has 1 aromatic rings. The van der Waals surface area contributed by atoms with Crippen LogP contribution in [0.1, 0.15) is 50.6 Å². The van der Waals surface area contributed by atoms with E-state index >= 15 is 0 Å². The highest BCUT2D eigenvalue weighted by atomic mass is 19.1. The quantitative estimate of drug-likeness (QED) is 0.865. The fraction of sp³-hybridized carbons (Fsp3) is 0.667. The van der Waals surface area contributed by atoms with Gasteiger partial charge in [-0.3, -0.25) is 0 Å². The molecule has 2 heteroatoms. The van der Waals surface area contributed by atoms with Crippen molar-refractivity contribution in [2.45, 2.75) is 51.1 Å². The summed E-state index contributed by atoms with van der Waals surface area (Å²) in [5, 5.41) is 3.78. The molecule has 0 spiro atoms. The topological polar surface area (TPSA) is 12.0 Å². The normalized spacial score (nSPS) is 40.0. The van der Waals surface area contributed by atoms with Gasteiger partial charge in [0, 0.05) is 17.6 Å². The minimum absolute atomic E-state index is 0.0729. The fourth-order valence-electron chi connectivity index (χ4n) is 5.40. The smallest absolute Gasteiger partial charge is 0.127 e. The van der Waals surface area contributed by atoms with Gasteiger partial charge in [-0.15, -0.1) is 0 Å². The molecule has 1 aromatic carbocycles. The summed E-state index contributed by atoms with van der Waals surface area (Å²) in [6.45, 7) is 2.11. The highest BCUT2D eigenvalue weighted by Crippen LogP contribution is 2.54. The zero-order valence-electron chi connectivity index (χ0n) is 12.2. The molecule has 4 aliphatic carbocycles. The van der Waals surface area contributed by atoms with Crippen molar-refractivity contribution in [2.24, 2.45) is 23.7 Å². The summed E-state index contributed by atoms with van der Waals surface area (Å²) in [5.74, 6) is 3.62. The van der Waals surface area contributed by atoms with E-state index in [1.54, 1.807) is 12.1 Å². The fourth-order valence-corrected chi connectivity index (χ4v) is 5.40. The van der Waals surface area contributed by atoms with Crippen LogP contribution in [0, 0.1) is 29.5 Å². The molecule has 4 bridgehead atoms. The van der Waals surface area contributed by atoms with Crippen LogP contribution in [0.5, 0.6) is 0 Å². The summed E-state index contributed by atoms with van der Waals surface area (Å²) in [7, 11) is 0. The molecule has 0 saturated heterocycles. The molecule has 1 atom stereocenters. The number of benzene rings is 1. The summed E-state index contributed by atoms with van der Waals surface area (Å²) in [6, 6.07) is 7.95. The number of hydrogen-bond donors (Lipinski definition) is 1. The van der Waals surface area contributed by atoms with E-state index in [4.69, 9.17) is 0 Å². The highest BCUT2D eigenvalue weighted by Gasteiger charge is 2.48. The predicted octanol–water partition coefficient (Wildman–Crippen LogP) is 4.30. The van der Waals surface area contributed by atoms with Gasteiger partial charge in [0.15, 0.2) is 0 Å². The van der Waals surface area contributed by atoms with E-state index in [-0.39, 0.29) is 11.9 Å². The third kappa shape index (κ3) is 2.09. The van der Waals surface area contributed by atoms with Gasteiger partial charge in [-0.25, -0.2) is 4.39 Å². The van der Waals surface area contributed by atoms with Gasteiger partial charge in [0.05, 0.1) is 0 Å². The number of hydrogen-bond acceptors (Lipinski definition) is 1. The second kappa shape index (κ2) is 4.84. The molecule has 0 aromatic heterocycles. The first kappa shape index (κ1) is 12.8. The molecule has 1 unspecified atom stereocenters. The second-order valence-corrected chi connectivity index (χ2v) is 7.37. The van der Waals surface area contributed by atoms with Crippen LogP contribution < -0.4 is 5.32 Å². The van der Waals surface area contributed by atoms with Gasteiger partial charge in [-0.2, -0.15) is 0 Å². The molecule has 4 fully saturated rings. The lowest BCUT2D eigenvalue weighted by Crippen LogP contribution is -2.54. The van der Waals surface area contributed by atoms with Crippen LogP contribution in [0.2, 0.25) is 0 Å². The van der Waals surface area contributed by atoms with Crippen molar-refractivity contribution in [3.05, 3.63) is 35.6 Å². The molecular weight excluding hydrogens is 249 g/mol. The molecule has 0 amide bonds. The van der Waals surface area contributed by atoms with Crippen molar-refractivity contribution < 1.29 is 4.39 Å². The van der Waals surface area contributed by atoms with E-state index in [9.17, 15) is 4.39 Å². The molecule has 4 saturated carbocycles. The molecule has 1 nitrogen and oxygen atoms in total. The molecule has 20 heavy (non-hydrogen) atoms. The van der Waals surface area contributed by atoms with E-state index in [0.29, 0.717) is 6.04 Å². The summed E-state index contributed by atoms with van der Waals surface area (Å²) < 4.78 is 13.9. The first-order chi connectivity index (χ1) is 9.70. The van der Waals surface area contributed by atoms with Crippen LogP contribution in [0.25, 0.3) is 0 Å². The lowest BCUT2D eigenvalue weighted by atomic mass is 9.54. The monoisotopic (exact) mass is 273 g/mol. The van der Waals surface area contributed by atoms with E-state index in [0.717, 1.165) is 29.2 Å². The van der Waals surface area contributed by atoms with Gasteiger partial charge in [0.2, 0.25) is 0 Å². The third-order valence-electron chi connectivity index (χ3n) is 6.04. The van der Waals surface area contributed by atoms with Crippen LogP contribution in [-0.4, -0.2) is 6.04 Å². The Morgan fingerprint density at radius 2 is 1.60 bits per heavy atom. The molecule has 0 heterocycles. The van der Waals surface area contributed by atoms with Gasteiger partial charge in [0.1, 0.15) is 5.82 Å². The minimum Gasteiger partial charge on any atom is -0.307 e. The molecule has 108 valence electrons. The first-order valence-electron chi connectivity index (χ1n) is 8.21. The molecule has 0 aliphatic heterocycles. The van der Waals surface area contributed by atoms with Crippen molar-refractivity contribution in [1.29, 1.82) is 0 Å². The Hall–Kier alpha value is -0.890. The molecule has 0 radical (unpaired) electrons. The largest absolute Gasteiger partial charge is 0.307 e. The van der Waals surface area contributed by atoms with Gasteiger partial charge in [-0.05, 0) is 68.8 Å². The van der Waals surface area contributed by atoms with E-state index in [1.165, 1.54) is 32.1 Å². The SMILES string of the molecule is CC(NC1C2CC3CC(C2)CC1C3)c1ccccc1F.